The zero-order valence-electron chi connectivity index (χ0n) is 6.75. The number of anilines is 1. The Hall–Kier alpha value is -0.960. The van der Waals surface area contributed by atoms with Crippen LogP contribution in [0.4, 0.5) is 5.82 Å². The first-order chi connectivity index (χ1) is 5.33. The van der Waals surface area contributed by atoms with E-state index in [2.05, 4.69) is 28.8 Å². The van der Waals surface area contributed by atoms with Crippen molar-refractivity contribution >= 4 is 5.82 Å². The summed E-state index contributed by atoms with van der Waals surface area (Å²) in [5.41, 5.74) is 6.84. The van der Waals surface area contributed by atoms with Crippen molar-refractivity contribution in [3.8, 4) is 0 Å². The molecule has 0 amide bonds. The van der Waals surface area contributed by atoms with Gasteiger partial charge >= 0.3 is 0 Å². The number of nitrogens with two attached hydrogens (primary N) is 1. The van der Waals surface area contributed by atoms with Gasteiger partial charge in [-0.1, -0.05) is 0 Å². The zero-order chi connectivity index (χ0) is 7.84. The Morgan fingerprint density at radius 3 is 3.09 bits per heavy atom. The zero-order valence-corrected chi connectivity index (χ0v) is 6.75. The van der Waals surface area contributed by atoms with E-state index in [0.29, 0.717) is 6.54 Å². The number of rotatable bonds is 1. The molecule has 1 aromatic heterocycles. The molecule has 11 heavy (non-hydrogen) atoms. The monoisotopic (exact) mass is 151 g/mol. The van der Waals surface area contributed by atoms with Crippen molar-refractivity contribution in [2.24, 2.45) is 5.73 Å². The van der Waals surface area contributed by atoms with Gasteiger partial charge in [0.25, 0.3) is 0 Å². The maximum Gasteiger partial charge on any atom is 0.112 e. The molecule has 0 bridgehead atoms. The third-order valence-corrected chi connectivity index (χ3v) is 2.27. The first-order valence-electron chi connectivity index (χ1n) is 3.92. The van der Waals surface area contributed by atoms with Gasteiger partial charge in [0.05, 0.1) is 0 Å². The molecule has 0 spiro atoms. The Bertz CT molecular complexity index is 264. The summed E-state index contributed by atoms with van der Waals surface area (Å²) < 4.78 is 2.25. The fourth-order valence-corrected chi connectivity index (χ4v) is 1.68. The standard InChI is InChI=1S/C8H13N3/c1-10-4-5-11-3-2-7(6-9)8(10)11/h2-3H,4-6,9H2,1H3. The lowest BCUT2D eigenvalue weighted by atomic mass is 10.3. The van der Waals surface area contributed by atoms with E-state index >= 15 is 0 Å². The van der Waals surface area contributed by atoms with Crippen LogP contribution >= 0.6 is 0 Å². The van der Waals surface area contributed by atoms with Crippen LogP contribution in [-0.4, -0.2) is 18.2 Å². The SMILES string of the molecule is CN1CCn2ccc(CN)c21. The second kappa shape index (κ2) is 2.27. The number of nitrogens with zero attached hydrogens (tertiary/aromatic N) is 2. The summed E-state index contributed by atoms with van der Waals surface area (Å²) in [5, 5.41) is 0. The van der Waals surface area contributed by atoms with E-state index in [4.69, 9.17) is 5.73 Å². The average Bonchev–Trinajstić information content (AvgIpc) is 2.54. The number of likely N-dealkylation sites (N-methyl/N-ethyl adjacent to an activating group) is 1. The molecular weight excluding hydrogens is 138 g/mol. The number of aromatic nitrogens is 1. The Morgan fingerprint density at radius 1 is 1.55 bits per heavy atom. The van der Waals surface area contributed by atoms with Crippen LogP contribution < -0.4 is 10.6 Å². The van der Waals surface area contributed by atoms with Gasteiger partial charge in [-0.25, -0.2) is 0 Å². The average molecular weight is 151 g/mol. The molecule has 0 radical (unpaired) electrons. The summed E-state index contributed by atoms with van der Waals surface area (Å²) in [6.07, 6.45) is 2.11. The molecule has 0 unspecified atom stereocenters. The molecule has 0 saturated carbocycles. The maximum absolute atomic E-state index is 5.59. The number of fused-ring (bicyclic) bond motifs is 1. The van der Waals surface area contributed by atoms with Gasteiger partial charge in [0.2, 0.25) is 0 Å². The van der Waals surface area contributed by atoms with E-state index < -0.39 is 0 Å². The molecule has 60 valence electrons. The van der Waals surface area contributed by atoms with Crippen molar-refractivity contribution in [3.05, 3.63) is 17.8 Å². The fraction of sp³-hybridized carbons (Fsp3) is 0.500. The minimum absolute atomic E-state index is 0.646. The van der Waals surface area contributed by atoms with E-state index in [0.717, 1.165) is 13.1 Å². The van der Waals surface area contributed by atoms with Gasteiger partial charge in [0, 0.05) is 38.4 Å². The van der Waals surface area contributed by atoms with E-state index in [1.54, 1.807) is 0 Å². The van der Waals surface area contributed by atoms with E-state index in [1.165, 1.54) is 11.4 Å². The van der Waals surface area contributed by atoms with Gasteiger partial charge in [-0.15, -0.1) is 0 Å². The summed E-state index contributed by atoms with van der Waals surface area (Å²) in [5.74, 6) is 1.30. The molecule has 0 aromatic carbocycles. The molecule has 3 heteroatoms. The Labute approximate surface area is 66.4 Å². The smallest absolute Gasteiger partial charge is 0.112 e. The molecule has 0 fully saturated rings. The molecule has 1 aliphatic heterocycles. The lowest BCUT2D eigenvalue weighted by Crippen LogP contribution is -2.14. The fourth-order valence-electron chi connectivity index (χ4n) is 1.68. The Balaban J connectivity index is 2.46. The van der Waals surface area contributed by atoms with E-state index in [9.17, 15) is 0 Å². The molecule has 0 aliphatic carbocycles. The maximum atomic E-state index is 5.59. The highest BCUT2D eigenvalue weighted by Crippen LogP contribution is 2.25. The summed E-state index contributed by atoms with van der Waals surface area (Å²) in [7, 11) is 2.11. The van der Waals surface area contributed by atoms with Gasteiger partial charge in [-0.05, 0) is 6.07 Å². The quantitative estimate of drug-likeness (QED) is 0.630. The molecule has 0 atom stereocenters. The summed E-state index contributed by atoms with van der Waals surface area (Å²) >= 11 is 0. The van der Waals surface area contributed by atoms with Crippen LogP contribution in [0.2, 0.25) is 0 Å². The summed E-state index contributed by atoms with van der Waals surface area (Å²) in [4.78, 5) is 2.25. The van der Waals surface area contributed by atoms with Crippen LogP contribution in [0.3, 0.4) is 0 Å². The largest absolute Gasteiger partial charge is 0.359 e. The second-order valence-electron chi connectivity index (χ2n) is 2.98. The van der Waals surface area contributed by atoms with Crippen LogP contribution in [0.25, 0.3) is 0 Å². The number of hydrogen-bond donors (Lipinski definition) is 1. The highest BCUT2D eigenvalue weighted by Gasteiger charge is 2.17. The number of hydrogen-bond acceptors (Lipinski definition) is 2. The van der Waals surface area contributed by atoms with Crippen LogP contribution in [0.1, 0.15) is 5.56 Å². The van der Waals surface area contributed by atoms with Gasteiger partial charge < -0.3 is 15.2 Å². The van der Waals surface area contributed by atoms with Crippen LogP contribution in [-0.2, 0) is 13.1 Å². The van der Waals surface area contributed by atoms with Gasteiger partial charge in [-0.2, -0.15) is 0 Å². The van der Waals surface area contributed by atoms with Gasteiger partial charge in [0.15, 0.2) is 0 Å². The van der Waals surface area contributed by atoms with Crippen molar-refractivity contribution in [2.75, 3.05) is 18.5 Å². The second-order valence-corrected chi connectivity index (χ2v) is 2.98. The molecular formula is C8H13N3. The molecule has 2 rings (SSSR count). The first-order valence-corrected chi connectivity index (χ1v) is 3.92. The third kappa shape index (κ3) is 0.844. The van der Waals surface area contributed by atoms with Crippen molar-refractivity contribution < 1.29 is 0 Å². The molecule has 1 aliphatic rings. The molecule has 1 aromatic rings. The van der Waals surface area contributed by atoms with Crippen LogP contribution in [0.5, 0.6) is 0 Å². The predicted octanol–water partition coefficient (Wildman–Crippen LogP) is 0.397. The molecule has 3 nitrogen and oxygen atoms in total. The van der Waals surface area contributed by atoms with Gasteiger partial charge in [0.1, 0.15) is 5.82 Å². The highest BCUT2D eigenvalue weighted by atomic mass is 15.3. The minimum atomic E-state index is 0.646. The van der Waals surface area contributed by atoms with Crippen molar-refractivity contribution in [2.45, 2.75) is 13.1 Å². The lowest BCUT2D eigenvalue weighted by Gasteiger charge is -2.10. The Morgan fingerprint density at radius 2 is 2.36 bits per heavy atom. The molecule has 0 saturated heterocycles. The minimum Gasteiger partial charge on any atom is -0.359 e. The lowest BCUT2D eigenvalue weighted by molar-refractivity contribution is 0.795. The molecule has 2 heterocycles. The molecule has 2 N–H and O–H groups in total. The van der Waals surface area contributed by atoms with E-state index in [1.807, 2.05) is 0 Å². The van der Waals surface area contributed by atoms with Crippen LogP contribution in [0, 0.1) is 0 Å². The van der Waals surface area contributed by atoms with Crippen molar-refractivity contribution in [3.63, 3.8) is 0 Å². The third-order valence-electron chi connectivity index (χ3n) is 2.27. The van der Waals surface area contributed by atoms with Crippen molar-refractivity contribution in [1.29, 1.82) is 0 Å². The summed E-state index contributed by atoms with van der Waals surface area (Å²) in [6.45, 7) is 2.86. The van der Waals surface area contributed by atoms with Crippen molar-refractivity contribution in [1.82, 2.24) is 4.57 Å². The van der Waals surface area contributed by atoms with E-state index in [-0.39, 0.29) is 0 Å². The topological polar surface area (TPSA) is 34.2 Å². The summed E-state index contributed by atoms with van der Waals surface area (Å²) in [6, 6.07) is 2.10. The first kappa shape index (κ1) is 6.73. The predicted molar refractivity (Wildman–Crippen MR) is 45.6 cm³/mol. The van der Waals surface area contributed by atoms with Gasteiger partial charge in [-0.3, -0.25) is 0 Å². The van der Waals surface area contributed by atoms with Crippen LogP contribution in [0.15, 0.2) is 12.3 Å². The normalized spacial score (nSPS) is 15.6. The Kier molecular flexibility index (Phi) is 1.39. The highest BCUT2D eigenvalue weighted by molar-refractivity contribution is 5.50.